The second kappa shape index (κ2) is 7.81. The summed E-state index contributed by atoms with van der Waals surface area (Å²) in [6, 6.07) is 3.23. The molecule has 0 radical (unpaired) electrons. The SMILES string of the molecule is NC(=NCCOc1ccc(F)cc1F)N1CCCCCC1. The van der Waals surface area contributed by atoms with Crippen molar-refractivity contribution in [1.29, 1.82) is 0 Å². The van der Waals surface area contributed by atoms with Crippen LogP contribution in [0.3, 0.4) is 0 Å². The fourth-order valence-electron chi connectivity index (χ4n) is 2.31. The molecule has 2 rings (SSSR count). The van der Waals surface area contributed by atoms with E-state index >= 15 is 0 Å². The lowest BCUT2D eigenvalue weighted by Gasteiger charge is -2.21. The Labute approximate surface area is 123 Å². The lowest BCUT2D eigenvalue weighted by molar-refractivity contribution is 0.309. The van der Waals surface area contributed by atoms with Gasteiger partial charge in [-0.05, 0) is 25.0 Å². The minimum absolute atomic E-state index is 0.0277. The molecule has 2 N–H and O–H groups in total. The van der Waals surface area contributed by atoms with Crippen molar-refractivity contribution < 1.29 is 13.5 Å². The van der Waals surface area contributed by atoms with Gasteiger partial charge in [-0.15, -0.1) is 0 Å². The van der Waals surface area contributed by atoms with Gasteiger partial charge in [0.1, 0.15) is 12.4 Å². The molecule has 0 aromatic heterocycles. The van der Waals surface area contributed by atoms with Gasteiger partial charge in [0.25, 0.3) is 0 Å². The number of hydrogen-bond donors (Lipinski definition) is 1. The van der Waals surface area contributed by atoms with E-state index in [1.807, 2.05) is 0 Å². The Hall–Kier alpha value is -1.85. The van der Waals surface area contributed by atoms with Crippen LogP contribution in [0, 0.1) is 11.6 Å². The van der Waals surface area contributed by atoms with Gasteiger partial charge in [0.2, 0.25) is 0 Å². The van der Waals surface area contributed by atoms with Crippen LogP contribution in [0.4, 0.5) is 8.78 Å². The van der Waals surface area contributed by atoms with Crippen LogP contribution in [0.25, 0.3) is 0 Å². The highest BCUT2D eigenvalue weighted by atomic mass is 19.1. The molecule has 116 valence electrons. The van der Waals surface area contributed by atoms with Gasteiger partial charge in [0.05, 0.1) is 6.54 Å². The Bertz CT molecular complexity index is 486. The number of nitrogens with two attached hydrogens (primary N) is 1. The first-order valence-electron chi connectivity index (χ1n) is 7.29. The summed E-state index contributed by atoms with van der Waals surface area (Å²) in [5.41, 5.74) is 5.94. The van der Waals surface area contributed by atoms with E-state index in [4.69, 9.17) is 10.5 Å². The van der Waals surface area contributed by atoms with Crippen LogP contribution in [-0.4, -0.2) is 37.1 Å². The summed E-state index contributed by atoms with van der Waals surface area (Å²) in [6.45, 7) is 2.42. The number of guanidine groups is 1. The van der Waals surface area contributed by atoms with Crippen LogP contribution < -0.4 is 10.5 Å². The van der Waals surface area contributed by atoms with Gasteiger partial charge in [-0.25, -0.2) is 13.8 Å². The Morgan fingerprint density at radius 2 is 1.90 bits per heavy atom. The molecule has 1 heterocycles. The number of rotatable bonds is 4. The Morgan fingerprint density at radius 3 is 2.57 bits per heavy atom. The van der Waals surface area contributed by atoms with Crippen molar-refractivity contribution >= 4 is 5.96 Å². The molecule has 0 spiro atoms. The van der Waals surface area contributed by atoms with Crippen molar-refractivity contribution in [2.75, 3.05) is 26.2 Å². The second-order valence-corrected chi connectivity index (χ2v) is 5.06. The van der Waals surface area contributed by atoms with Gasteiger partial charge in [-0.2, -0.15) is 0 Å². The number of hydrogen-bond acceptors (Lipinski definition) is 2. The number of aliphatic imine (C=N–C) groups is 1. The summed E-state index contributed by atoms with van der Waals surface area (Å²) in [5, 5.41) is 0. The van der Waals surface area contributed by atoms with E-state index < -0.39 is 11.6 Å². The Balaban J connectivity index is 1.78. The van der Waals surface area contributed by atoms with Gasteiger partial charge < -0.3 is 15.4 Å². The lowest BCUT2D eigenvalue weighted by Crippen LogP contribution is -2.38. The molecule has 4 nitrogen and oxygen atoms in total. The molecule has 0 unspecified atom stereocenters. The predicted molar refractivity (Wildman–Crippen MR) is 78.4 cm³/mol. The van der Waals surface area contributed by atoms with E-state index in [1.54, 1.807) is 0 Å². The van der Waals surface area contributed by atoms with Gasteiger partial charge in [-0.1, -0.05) is 12.8 Å². The van der Waals surface area contributed by atoms with Crippen LogP contribution in [0.5, 0.6) is 5.75 Å². The van der Waals surface area contributed by atoms with E-state index in [9.17, 15) is 8.78 Å². The first kappa shape index (κ1) is 15.5. The molecular formula is C15H21F2N3O. The van der Waals surface area contributed by atoms with Gasteiger partial charge in [-0.3, -0.25) is 0 Å². The molecule has 1 saturated heterocycles. The van der Waals surface area contributed by atoms with E-state index in [-0.39, 0.29) is 12.4 Å². The highest BCUT2D eigenvalue weighted by molar-refractivity contribution is 5.78. The zero-order chi connectivity index (χ0) is 15.1. The van der Waals surface area contributed by atoms with Crippen LogP contribution in [-0.2, 0) is 0 Å². The summed E-state index contributed by atoms with van der Waals surface area (Å²) in [6.07, 6.45) is 4.73. The van der Waals surface area contributed by atoms with Gasteiger partial charge in [0.15, 0.2) is 17.5 Å². The van der Waals surface area contributed by atoms with Crippen LogP contribution in [0.2, 0.25) is 0 Å². The molecule has 0 atom stereocenters. The molecule has 1 aromatic carbocycles. The van der Waals surface area contributed by atoms with E-state index in [2.05, 4.69) is 9.89 Å². The highest BCUT2D eigenvalue weighted by Crippen LogP contribution is 2.17. The predicted octanol–water partition coefficient (Wildman–Crippen LogP) is 2.53. The highest BCUT2D eigenvalue weighted by Gasteiger charge is 2.10. The fraction of sp³-hybridized carbons (Fsp3) is 0.533. The van der Waals surface area contributed by atoms with E-state index in [0.29, 0.717) is 12.5 Å². The quantitative estimate of drug-likeness (QED) is 0.528. The van der Waals surface area contributed by atoms with Crippen LogP contribution in [0.15, 0.2) is 23.2 Å². The standard InChI is InChI=1S/C15H21F2N3O/c16-12-5-6-14(13(17)11-12)21-10-7-19-15(18)20-8-3-1-2-4-9-20/h5-6,11H,1-4,7-10H2,(H2,18,19). The average molecular weight is 297 g/mol. The minimum Gasteiger partial charge on any atom is -0.489 e. The first-order chi connectivity index (χ1) is 10.2. The number of likely N-dealkylation sites (tertiary alicyclic amines) is 1. The van der Waals surface area contributed by atoms with Gasteiger partial charge in [0, 0.05) is 19.2 Å². The molecular weight excluding hydrogens is 276 g/mol. The van der Waals surface area contributed by atoms with Crippen molar-refractivity contribution in [3.05, 3.63) is 29.8 Å². The molecule has 1 aliphatic heterocycles. The molecule has 1 aromatic rings. The monoisotopic (exact) mass is 297 g/mol. The Morgan fingerprint density at radius 1 is 1.19 bits per heavy atom. The summed E-state index contributed by atoms with van der Waals surface area (Å²) in [7, 11) is 0. The molecule has 0 saturated carbocycles. The number of nitrogens with zero attached hydrogens (tertiary/aromatic N) is 2. The molecule has 6 heteroatoms. The fourth-order valence-corrected chi connectivity index (χ4v) is 2.31. The third kappa shape index (κ3) is 4.88. The van der Waals surface area contributed by atoms with Crippen molar-refractivity contribution in [2.24, 2.45) is 10.7 Å². The van der Waals surface area contributed by atoms with Crippen molar-refractivity contribution in [3.8, 4) is 5.75 Å². The number of benzene rings is 1. The van der Waals surface area contributed by atoms with Gasteiger partial charge >= 0.3 is 0 Å². The third-order valence-electron chi connectivity index (χ3n) is 3.45. The molecule has 1 aliphatic rings. The summed E-state index contributed by atoms with van der Waals surface area (Å²) in [4.78, 5) is 6.33. The second-order valence-electron chi connectivity index (χ2n) is 5.06. The summed E-state index contributed by atoms with van der Waals surface area (Å²) >= 11 is 0. The largest absolute Gasteiger partial charge is 0.489 e. The zero-order valence-corrected chi connectivity index (χ0v) is 12.0. The maximum atomic E-state index is 13.3. The van der Waals surface area contributed by atoms with Crippen molar-refractivity contribution in [3.63, 3.8) is 0 Å². The number of ether oxygens (including phenoxy) is 1. The smallest absolute Gasteiger partial charge is 0.191 e. The lowest BCUT2D eigenvalue weighted by atomic mass is 10.2. The van der Waals surface area contributed by atoms with E-state index in [1.165, 1.54) is 18.9 Å². The molecule has 21 heavy (non-hydrogen) atoms. The maximum Gasteiger partial charge on any atom is 0.191 e. The normalized spacial score (nSPS) is 16.7. The topological polar surface area (TPSA) is 50.9 Å². The third-order valence-corrected chi connectivity index (χ3v) is 3.45. The molecule has 0 aliphatic carbocycles. The zero-order valence-electron chi connectivity index (χ0n) is 12.0. The number of halogens is 2. The van der Waals surface area contributed by atoms with Crippen molar-refractivity contribution in [2.45, 2.75) is 25.7 Å². The van der Waals surface area contributed by atoms with E-state index in [0.717, 1.165) is 38.1 Å². The molecule has 0 amide bonds. The molecule has 1 fully saturated rings. The first-order valence-corrected chi connectivity index (χ1v) is 7.29. The van der Waals surface area contributed by atoms with Crippen molar-refractivity contribution in [1.82, 2.24) is 4.90 Å². The molecule has 0 bridgehead atoms. The summed E-state index contributed by atoms with van der Waals surface area (Å²) < 4.78 is 31.3. The summed E-state index contributed by atoms with van der Waals surface area (Å²) in [5.74, 6) is -0.789. The average Bonchev–Trinajstić information content (AvgIpc) is 2.74. The minimum atomic E-state index is -0.709. The maximum absolute atomic E-state index is 13.3. The van der Waals surface area contributed by atoms with Crippen LogP contribution >= 0.6 is 0 Å². The Kier molecular flexibility index (Phi) is 5.78. The van der Waals surface area contributed by atoms with Crippen LogP contribution in [0.1, 0.15) is 25.7 Å².